The maximum Gasteiger partial charge on any atom is 0.0587 e. The van der Waals surface area contributed by atoms with Crippen molar-refractivity contribution < 1.29 is 5.11 Å². The van der Waals surface area contributed by atoms with Crippen molar-refractivity contribution in [2.24, 2.45) is 5.92 Å². The summed E-state index contributed by atoms with van der Waals surface area (Å²) >= 11 is 2.00. The number of hydrogen-bond acceptors (Lipinski definition) is 4. The van der Waals surface area contributed by atoms with Crippen LogP contribution in [-0.4, -0.2) is 61.3 Å². The first-order valence-electron chi connectivity index (χ1n) is 5.30. The molecule has 84 valence electrons. The molecular weight excluding hydrogens is 196 g/mol. The summed E-state index contributed by atoms with van der Waals surface area (Å²) in [5.41, 5.74) is 0. The quantitative estimate of drug-likeness (QED) is 0.670. The molecule has 14 heavy (non-hydrogen) atoms. The van der Waals surface area contributed by atoms with Crippen LogP contribution in [0.3, 0.4) is 0 Å². The van der Waals surface area contributed by atoms with Gasteiger partial charge in [0, 0.05) is 19.1 Å². The standard InChI is InChI=1S/C10H22N2OS/c1-12(2)5-4-11-10(7-13)9-3-6-14-8-9/h9-11,13H,3-8H2,1-2H3. The number of nitrogens with zero attached hydrogens (tertiary/aromatic N) is 1. The summed E-state index contributed by atoms with van der Waals surface area (Å²) < 4.78 is 0. The van der Waals surface area contributed by atoms with E-state index < -0.39 is 0 Å². The van der Waals surface area contributed by atoms with E-state index in [1.54, 1.807) is 0 Å². The van der Waals surface area contributed by atoms with Crippen LogP contribution in [-0.2, 0) is 0 Å². The summed E-state index contributed by atoms with van der Waals surface area (Å²) in [6.07, 6.45) is 1.25. The van der Waals surface area contributed by atoms with Gasteiger partial charge in [-0.25, -0.2) is 0 Å². The molecule has 2 N–H and O–H groups in total. The number of thioether (sulfide) groups is 1. The summed E-state index contributed by atoms with van der Waals surface area (Å²) in [7, 11) is 4.14. The van der Waals surface area contributed by atoms with Gasteiger partial charge in [0.2, 0.25) is 0 Å². The van der Waals surface area contributed by atoms with Gasteiger partial charge in [-0.3, -0.25) is 0 Å². The Hall–Kier alpha value is 0.230. The summed E-state index contributed by atoms with van der Waals surface area (Å²) in [4.78, 5) is 2.16. The summed E-state index contributed by atoms with van der Waals surface area (Å²) in [5, 5.41) is 12.7. The summed E-state index contributed by atoms with van der Waals surface area (Å²) in [5.74, 6) is 3.14. The van der Waals surface area contributed by atoms with E-state index in [1.165, 1.54) is 17.9 Å². The van der Waals surface area contributed by atoms with Crippen molar-refractivity contribution in [3.05, 3.63) is 0 Å². The molecule has 0 aromatic heterocycles. The van der Waals surface area contributed by atoms with Crippen LogP contribution in [0, 0.1) is 5.92 Å². The molecule has 1 rings (SSSR count). The second kappa shape index (κ2) is 6.67. The number of rotatable bonds is 6. The van der Waals surface area contributed by atoms with Gasteiger partial charge in [0.25, 0.3) is 0 Å². The highest BCUT2D eigenvalue weighted by atomic mass is 32.2. The van der Waals surface area contributed by atoms with E-state index in [-0.39, 0.29) is 6.61 Å². The van der Waals surface area contributed by atoms with Crippen LogP contribution in [0.2, 0.25) is 0 Å². The predicted octanol–water partition coefficient (Wildman–Crippen LogP) is 0.252. The van der Waals surface area contributed by atoms with E-state index in [1.807, 2.05) is 11.8 Å². The Bertz CT molecular complexity index is 149. The largest absolute Gasteiger partial charge is 0.395 e. The number of likely N-dealkylation sites (N-methyl/N-ethyl adjacent to an activating group) is 1. The van der Waals surface area contributed by atoms with Gasteiger partial charge >= 0.3 is 0 Å². The van der Waals surface area contributed by atoms with Crippen molar-refractivity contribution >= 4 is 11.8 Å². The molecule has 1 saturated heterocycles. The van der Waals surface area contributed by atoms with Crippen molar-refractivity contribution in [2.75, 3.05) is 45.3 Å². The molecule has 0 saturated carbocycles. The van der Waals surface area contributed by atoms with Gasteiger partial charge in [-0.2, -0.15) is 11.8 Å². The minimum absolute atomic E-state index is 0.276. The maximum absolute atomic E-state index is 9.27. The third-order valence-corrected chi connectivity index (χ3v) is 3.88. The second-order valence-electron chi connectivity index (χ2n) is 4.17. The molecule has 0 spiro atoms. The lowest BCUT2D eigenvalue weighted by molar-refractivity contribution is 0.203. The lowest BCUT2D eigenvalue weighted by atomic mass is 10.00. The third kappa shape index (κ3) is 4.17. The zero-order chi connectivity index (χ0) is 10.4. The third-order valence-electron chi connectivity index (χ3n) is 2.70. The maximum atomic E-state index is 9.27. The molecule has 1 fully saturated rings. The highest BCUT2D eigenvalue weighted by Crippen LogP contribution is 2.25. The van der Waals surface area contributed by atoms with E-state index >= 15 is 0 Å². The van der Waals surface area contributed by atoms with E-state index in [4.69, 9.17) is 0 Å². The van der Waals surface area contributed by atoms with Crippen LogP contribution >= 0.6 is 11.8 Å². The van der Waals surface area contributed by atoms with Crippen LogP contribution in [0.25, 0.3) is 0 Å². The molecule has 2 unspecified atom stereocenters. The minimum atomic E-state index is 0.276. The van der Waals surface area contributed by atoms with Gasteiger partial charge in [0.05, 0.1) is 6.61 Å². The van der Waals surface area contributed by atoms with Crippen molar-refractivity contribution in [1.82, 2.24) is 10.2 Å². The molecule has 0 amide bonds. The van der Waals surface area contributed by atoms with Crippen LogP contribution in [0.4, 0.5) is 0 Å². The van der Waals surface area contributed by atoms with Crippen molar-refractivity contribution in [3.63, 3.8) is 0 Å². The molecule has 2 atom stereocenters. The van der Waals surface area contributed by atoms with E-state index in [0.29, 0.717) is 12.0 Å². The molecule has 0 aromatic carbocycles. The van der Waals surface area contributed by atoms with Gasteiger partial charge in [-0.15, -0.1) is 0 Å². The Balaban J connectivity index is 2.17. The molecule has 0 aliphatic carbocycles. The van der Waals surface area contributed by atoms with Gasteiger partial charge in [0.15, 0.2) is 0 Å². The molecule has 0 radical (unpaired) electrons. The van der Waals surface area contributed by atoms with Gasteiger partial charge in [0.1, 0.15) is 0 Å². The molecular formula is C10H22N2OS. The molecule has 4 heteroatoms. The summed E-state index contributed by atoms with van der Waals surface area (Å²) in [6.45, 7) is 2.29. The summed E-state index contributed by atoms with van der Waals surface area (Å²) in [6, 6.07) is 0.310. The molecule has 1 aliphatic heterocycles. The Morgan fingerprint density at radius 3 is 2.86 bits per heavy atom. The molecule has 0 aromatic rings. The fourth-order valence-corrected chi connectivity index (χ4v) is 3.06. The van der Waals surface area contributed by atoms with E-state index in [2.05, 4.69) is 24.3 Å². The topological polar surface area (TPSA) is 35.5 Å². The van der Waals surface area contributed by atoms with Crippen LogP contribution in [0.15, 0.2) is 0 Å². The highest BCUT2D eigenvalue weighted by molar-refractivity contribution is 7.99. The first kappa shape index (κ1) is 12.3. The van der Waals surface area contributed by atoms with Gasteiger partial charge in [-0.1, -0.05) is 0 Å². The zero-order valence-electron chi connectivity index (χ0n) is 9.20. The Morgan fingerprint density at radius 1 is 1.57 bits per heavy atom. The van der Waals surface area contributed by atoms with Crippen molar-refractivity contribution in [3.8, 4) is 0 Å². The number of hydrogen-bond donors (Lipinski definition) is 2. The van der Waals surface area contributed by atoms with Crippen molar-refractivity contribution in [1.29, 1.82) is 0 Å². The first-order valence-corrected chi connectivity index (χ1v) is 6.46. The SMILES string of the molecule is CN(C)CCNC(CO)C1CCSC1. The lowest BCUT2D eigenvalue weighted by Gasteiger charge is -2.23. The molecule has 1 heterocycles. The number of nitrogens with one attached hydrogen (secondary N) is 1. The number of aliphatic hydroxyl groups excluding tert-OH is 1. The number of aliphatic hydroxyl groups is 1. The molecule has 0 bridgehead atoms. The fourth-order valence-electron chi connectivity index (χ4n) is 1.72. The van der Waals surface area contributed by atoms with Gasteiger partial charge in [-0.05, 0) is 37.9 Å². The monoisotopic (exact) mass is 218 g/mol. The highest BCUT2D eigenvalue weighted by Gasteiger charge is 2.24. The zero-order valence-corrected chi connectivity index (χ0v) is 10.0. The second-order valence-corrected chi connectivity index (χ2v) is 5.32. The Kier molecular flexibility index (Phi) is 5.86. The Morgan fingerprint density at radius 2 is 2.36 bits per heavy atom. The molecule has 3 nitrogen and oxygen atoms in total. The van der Waals surface area contributed by atoms with Crippen molar-refractivity contribution in [2.45, 2.75) is 12.5 Å². The van der Waals surface area contributed by atoms with Crippen LogP contribution in [0.1, 0.15) is 6.42 Å². The Labute approximate surface area is 91.2 Å². The van der Waals surface area contributed by atoms with Gasteiger partial charge < -0.3 is 15.3 Å². The lowest BCUT2D eigenvalue weighted by Crippen LogP contribution is -2.42. The molecule has 1 aliphatic rings. The van der Waals surface area contributed by atoms with E-state index in [9.17, 15) is 5.11 Å². The minimum Gasteiger partial charge on any atom is -0.395 e. The average Bonchev–Trinajstić information content (AvgIpc) is 2.64. The smallest absolute Gasteiger partial charge is 0.0587 e. The average molecular weight is 218 g/mol. The van der Waals surface area contributed by atoms with Crippen LogP contribution in [0.5, 0.6) is 0 Å². The van der Waals surface area contributed by atoms with Crippen LogP contribution < -0.4 is 5.32 Å². The fraction of sp³-hybridized carbons (Fsp3) is 1.00. The first-order chi connectivity index (χ1) is 6.74. The normalized spacial score (nSPS) is 24.4. The van der Waals surface area contributed by atoms with E-state index in [0.717, 1.165) is 13.1 Å². The predicted molar refractivity (Wildman–Crippen MR) is 62.9 cm³/mol.